The molecule has 17 heavy (non-hydrogen) atoms. The highest BCUT2D eigenvalue weighted by Crippen LogP contribution is 2.31. The smallest absolute Gasteiger partial charge is 0.136 e. The van der Waals surface area contributed by atoms with Crippen LogP contribution in [0.2, 0.25) is 0 Å². The summed E-state index contributed by atoms with van der Waals surface area (Å²) in [6, 6.07) is 7.92. The molecule has 3 heteroatoms. The van der Waals surface area contributed by atoms with Gasteiger partial charge in [-0.05, 0) is 43.9 Å². The number of ether oxygens (including phenoxy) is 1. The normalized spacial score (nSPS) is 17.0. The molecule has 0 aliphatic heterocycles. The maximum absolute atomic E-state index is 9.01. The summed E-state index contributed by atoms with van der Waals surface area (Å²) in [5.41, 5.74) is 2.04. The quantitative estimate of drug-likeness (QED) is 0.864. The Bertz CT molecular complexity index is 444. The zero-order valence-electron chi connectivity index (χ0n) is 10.4. The maximum Gasteiger partial charge on any atom is 0.136 e. The Kier molecular flexibility index (Phi) is 3.35. The molecule has 1 aromatic rings. The standard InChI is InChI=1S/C14H18N2O/c1-14(6-3-7-14)16-10-11-4-5-13(17-2)12(8-11)9-15/h4-5,8,16H,3,6-7,10H2,1-2H3. The summed E-state index contributed by atoms with van der Waals surface area (Å²) >= 11 is 0. The van der Waals surface area contributed by atoms with Gasteiger partial charge in [0.05, 0.1) is 12.7 Å². The number of nitriles is 1. The Morgan fingerprint density at radius 1 is 1.47 bits per heavy atom. The molecule has 1 aliphatic carbocycles. The third-order valence-electron chi connectivity index (χ3n) is 3.56. The van der Waals surface area contributed by atoms with Crippen LogP contribution in [0.1, 0.15) is 37.3 Å². The van der Waals surface area contributed by atoms with Crippen molar-refractivity contribution in [1.29, 1.82) is 5.26 Å². The average molecular weight is 230 g/mol. The molecule has 1 fully saturated rings. The lowest BCUT2D eigenvalue weighted by molar-refractivity contribution is 0.207. The number of nitrogens with zero attached hydrogens (tertiary/aromatic N) is 1. The van der Waals surface area contributed by atoms with E-state index in [4.69, 9.17) is 10.00 Å². The molecule has 0 bridgehead atoms. The van der Waals surface area contributed by atoms with Gasteiger partial charge in [0.2, 0.25) is 0 Å². The Morgan fingerprint density at radius 3 is 2.76 bits per heavy atom. The van der Waals surface area contributed by atoms with Crippen LogP contribution < -0.4 is 10.1 Å². The van der Waals surface area contributed by atoms with Crippen LogP contribution >= 0.6 is 0 Å². The number of methoxy groups -OCH3 is 1. The first kappa shape index (κ1) is 11.9. The zero-order valence-corrected chi connectivity index (χ0v) is 10.4. The molecule has 0 unspecified atom stereocenters. The van der Waals surface area contributed by atoms with Crippen LogP contribution in [0.25, 0.3) is 0 Å². The fourth-order valence-electron chi connectivity index (χ4n) is 2.15. The van der Waals surface area contributed by atoms with E-state index in [-0.39, 0.29) is 0 Å². The molecule has 1 saturated carbocycles. The van der Waals surface area contributed by atoms with Gasteiger partial charge in [0.25, 0.3) is 0 Å². The number of benzene rings is 1. The van der Waals surface area contributed by atoms with E-state index in [9.17, 15) is 0 Å². The number of hydrogen-bond donors (Lipinski definition) is 1. The molecule has 1 aliphatic rings. The maximum atomic E-state index is 9.01. The van der Waals surface area contributed by atoms with E-state index in [2.05, 4.69) is 18.3 Å². The fourth-order valence-corrected chi connectivity index (χ4v) is 2.15. The van der Waals surface area contributed by atoms with E-state index in [0.717, 1.165) is 12.1 Å². The Labute approximate surface area is 102 Å². The molecule has 0 atom stereocenters. The van der Waals surface area contributed by atoms with E-state index >= 15 is 0 Å². The summed E-state index contributed by atoms with van der Waals surface area (Å²) in [6.07, 6.45) is 3.80. The summed E-state index contributed by atoms with van der Waals surface area (Å²) < 4.78 is 5.13. The SMILES string of the molecule is COc1ccc(CNC2(C)CCC2)cc1C#N. The second-order valence-corrected chi connectivity index (χ2v) is 4.91. The summed E-state index contributed by atoms with van der Waals surface area (Å²) in [7, 11) is 1.59. The largest absolute Gasteiger partial charge is 0.495 e. The highest BCUT2D eigenvalue weighted by molar-refractivity contribution is 5.45. The molecule has 0 spiro atoms. The van der Waals surface area contributed by atoms with Crippen LogP contribution in [-0.4, -0.2) is 12.6 Å². The molecule has 0 aromatic heterocycles. The minimum atomic E-state index is 0.298. The van der Waals surface area contributed by atoms with Gasteiger partial charge in [-0.15, -0.1) is 0 Å². The fraction of sp³-hybridized carbons (Fsp3) is 0.500. The van der Waals surface area contributed by atoms with E-state index in [1.807, 2.05) is 18.2 Å². The first-order valence-corrected chi connectivity index (χ1v) is 5.99. The second-order valence-electron chi connectivity index (χ2n) is 4.91. The van der Waals surface area contributed by atoms with Gasteiger partial charge < -0.3 is 10.1 Å². The molecule has 0 heterocycles. The van der Waals surface area contributed by atoms with Crippen molar-refractivity contribution in [2.45, 2.75) is 38.3 Å². The van der Waals surface area contributed by atoms with Crippen LogP contribution in [-0.2, 0) is 6.54 Å². The van der Waals surface area contributed by atoms with Crippen molar-refractivity contribution in [2.24, 2.45) is 0 Å². The molecular weight excluding hydrogens is 212 g/mol. The van der Waals surface area contributed by atoms with Crippen molar-refractivity contribution in [3.8, 4) is 11.8 Å². The van der Waals surface area contributed by atoms with Crippen molar-refractivity contribution < 1.29 is 4.74 Å². The van der Waals surface area contributed by atoms with Gasteiger partial charge in [-0.2, -0.15) is 5.26 Å². The van der Waals surface area contributed by atoms with Gasteiger partial charge in [0.15, 0.2) is 0 Å². The molecule has 0 radical (unpaired) electrons. The van der Waals surface area contributed by atoms with E-state index in [1.165, 1.54) is 19.3 Å². The van der Waals surface area contributed by atoms with Gasteiger partial charge in [-0.3, -0.25) is 0 Å². The van der Waals surface area contributed by atoms with Crippen LogP contribution in [0, 0.1) is 11.3 Å². The van der Waals surface area contributed by atoms with E-state index in [0.29, 0.717) is 16.9 Å². The van der Waals surface area contributed by atoms with Crippen molar-refractivity contribution in [3.05, 3.63) is 29.3 Å². The molecular formula is C14H18N2O. The molecule has 0 saturated heterocycles. The highest BCUT2D eigenvalue weighted by Gasteiger charge is 2.30. The van der Waals surface area contributed by atoms with Crippen LogP contribution in [0.5, 0.6) is 5.75 Å². The Balaban J connectivity index is 2.04. The van der Waals surface area contributed by atoms with Crippen LogP contribution in [0.3, 0.4) is 0 Å². The second kappa shape index (κ2) is 4.77. The predicted octanol–water partition coefficient (Wildman–Crippen LogP) is 2.60. The molecule has 90 valence electrons. The first-order chi connectivity index (χ1) is 8.17. The van der Waals surface area contributed by atoms with Gasteiger partial charge in [0, 0.05) is 12.1 Å². The van der Waals surface area contributed by atoms with Gasteiger partial charge in [0.1, 0.15) is 11.8 Å². The van der Waals surface area contributed by atoms with Crippen molar-refractivity contribution in [2.75, 3.05) is 7.11 Å². The number of hydrogen-bond acceptors (Lipinski definition) is 3. The molecule has 3 nitrogen and oxygen atoms in total. The van der Waals surface area contributed by atoms with Crippen molar-refractivity contribution >= 4 is 0 Å². The third kappa shape index (κ3) is 2.59. The summed E-state index contributed by atoms with van der Waals surface area (Å²) in [4.78, 5) is 0. The third-order valence-corrected chi connectivity index (χ3v) is 3.56. The van der Waals surface area contributed by atoms with E-state index < -0.39 is 0 Å². The lowest BCUT2D eigenvalue weighted by atomic mass is 9.78. The minimum absolute atomic E-state index is 0.298. The molecule has 2 rings (SSSR count). The van der Waals surface area contributed by atoms with Gasteiger partial charge in [-0.25, -0.2) is 0 Å². The minimum Gasteiger partial charge on any atom is -0.495 e. The summed E-state index contributed by atoms with van der Waals surface area (Å²) in [5.74, 6) is 0.645. The average Bonchev–Trinajstić information content (AvgIpc) is 2.33. The summed E-state index contributed by atoms with van der Waals surface area (Å²) in [6.45, 7) is 3.07. The zero-order chi connectivity index (χ0) is 12.3. The van der Waals surface area contributed by atoms with Crippen LogP contribution in [0.4, 0.5) is 0 Å². The Morgan fingerprint density at radius 2 is 2.24 bits per heavy atom. The molecule has 1 N–H and O–H groups in total. The van der Waals surface area contributed by atoms with Gasteiger partial charge in [-0.1, -0.05) is 6.07 Å². The summed E-state index contributed by atoms with van der Waals surface area (Å²) in [5, 5.41) is 12.6. The monoisotopic (exact) mass is 230 g/mol. The first-order valence-electron chi connectivity index (χ1n) is 5.99. The lowest BCUT2D eigenvalue weighted by Gasteiger charge is -2.39. The van der Waals surface area contributed by atoms with E-state index in [1.54, 1.807) is 7.11 Å². The predicted molar refractivity (Wildman–Crippen MR) is 66.8 cm³/mol. The van der Waals surface area contributed by atoms with Gasteiger partial charge >= 0.3 is 0 Å². The van der Waals surface area contributed by atoms with Crippen molar-refractivity contribution in [1.82, 2.24) is 5.32 Å². The molecule has 0 amide bonds. The van der Waals surface area contributed by atoms with Crippen LogP contribution in [0.15, 0.2) is 18.2 Å². The Hall–Kier alpha value is -1.53. The highest BCUT2D eigenvalue weighted by atomic mass is 16.5. The topological polar surface area (TPSA) is 45.0 Å². The van der Waals surface area contributed by atoms with Crippen molar-refractivity contribution in [3.63, 3.8) is 0 Å². The number of nitrogens with one attached hydrogen (secondary N) is 1. The lowest BCUT2D eigenvalue weighted by Crippen LogP contribution is -2.47. The number of rotatable bonds is 4. The molecule has 1 aromatic carbocycles.